The van der Waals surface area contributed by atoms with Crippen molar-refractivity contribution in [1.82, 2.24) is 19.8 Å². The molecule has 0 radical (unpaired) electrons. The van der Waals surface area contributed by atoms with Crippen LogP contribution in [-0.2, 0) is 24.4 Å². The first-order chi connectivity index (χ1) is 14.7. The average molecular weight is 399 g/mol. The summed E-state index contributed by atoms with van der Waals surface area (Å²) in [5.41, 5.74) is 3.50. The Morgan fingerprint density at radius 1 is 1.17 bits per heavy atom. The Bertz CT molecular complexity index is 1150. The molecule has 1 aromatic heterocycles. The van der Waals surface area contributed by atoms with Crippen LogP contribution < -0.4 is 10.1 Å². The molecule has 7 heteroatoms. The molecule has 2 aliphatic rings. The zero-order valence-electron chi connectivity index (χ0n) is 16.4. The van der Waals surface area contributed by atoms with Gasteiger partial charge in [-0.2, -0.15) is 5.26 Å². The first-order valence-corrected chi connectivity index (χ1v) is 10.0. The fourth-order valence-corrected chi connectivity index (χ4v) is 4.04. The number of aromatic nitrogens is 2. The van der Waals surface area contributed by atoms with Gasteiger partial charge in [-0.1, -0.05) is 18.2 Å². The largest absolute Gasteiger partial charge is 0.456 e. The molecule has 30 heavy (non-hydrogen) atoms. The number of hydrogen-bond donors (Lipinski definition) is 1. The van der Waals surface area contributed by atoms with Crippen LogP contribution >= 0.6 is 0 Å². The lowest BCUT2D eigenvalue weighted by Crippen LogP contribution is -2.38. The zero-order valence-corrected chi connectivity index (χ0v) is 16.4. The van der Waals surface area contributed by atoms with E-state index in [1.54, 1.807) is 12.4 Å². The van der Waals surface area contributed by atoms with Gasteiger partial charge in [0.15, 0.2) is 0 Å². The molecule has 2 aliphatic heterocycles. The molecule has 7 nitrogen and oxygen atoms in total. The van der Waals surface area contributed by atoms with Crippen LogP contribution in [0.15, 0.2) is 55.0 Å². The van der Waals surface area contributed by atoms with Gasteiger partial charge in [-0.3, -0.25) is 4.79 Å². The second-order valence-electron chi connectivity index (χ2n) is 7.69. The number of ether oxygens (including phenoxy) is 1. The number of carbonyl (C=O) groups is 1. The van der Waals surface area contributed by atoms with Gasteiger partial charge in [0.2, 0.25) is 5.91 Å². The molecule has 3 heterocycles. The van der Waals surface area contributed by atoms with Gasteiger partial charge in [0, 0.05) is 32.4 Å². The van der Waals surface area contributed by atoms with Crippen LogP contribution in [0.25, 0.3) is 0 Å². The number of nitriles is 1. The second kappa shape index (κ2) is 7.65. The summed E-state index contributed by atoms with van der Waals surface area (Å²) in [4.78, 5) is 19.0. The Hall–Kier alpha value is -3.63. The van der Waals surface area contributed by atoms with Gasteiger partial charge in [0.25, 0.3) is 0 Å². The van der Waals surface area contributed by atoms with Crippen molar-refractivity contribution >= 4 is 5.91 Å². The summed E-state index contributed by atoms with van der Waals surface area (Å²) in [6.07, 6.45) is 4.39. The fourth-order valence-electron chi connectivity index (χ4n) is 4.04. The Balaban J connectivity index is 1.56. The maximum Gasteiger partial charge on any atom is 0.240 e. The third kappa shape index (κ3) is 3.53. The number of benzene rings is 2. The number of amides is 1. The van der Waals surface area contributed by atoms with E-state index < -0.39 is 0 Å². The van der Waals surface area contributed by atoms with E-state index in [4.69, 9.17) is 4.74 Å². The summed E-state index contributed by atoms with van der Waals surface area (Å²) in [6, 6.07) is 15.4. The van der Waals surface area contributed by atoms with E-state index in [-0.39, 0.29) is 11.9 Å². The summed E-state index contributed by atoms with van der Waals surface area (Å²) in [5.74, 6) is 1.30. The fraction of sp³-hybridized carbons (Fsp3) is 0.261. The monoisotopic (exact) mass is 399 g/mol. The molecule has 0 unspecified atom stereocenters. The average Bonchev–Trinajstić information content (AvgIpc) is 3.33. The van der Waals surface area contributed by atoms with Crippen LogP contribution in [0.2, 0.25) is 0 Å². The quantitative estimate of drug-likeness (QED) is 0.629. The van der Waals surface area contributed by atoms with Gasteiger partial charge in [-0.05, 0) is 41.8 Å². The molecule has 3 aromatic rings. The van der Waals surface area contributed by atoms with Crippen LogP contribution in [0.4, 0.5) is 0 Å². The van der Waals surface area contributed by atoms with Crippen molar-refractivity contribution in [2.45, 2.75) is 32.1 Å². The van der Waals surface area contributed by atoms with Crippen molar-refractivity contribution < 1.29 is 9.53 Å². The van der Waals surface area contributed by atoms with Gasteiger partial charge in [-0.15, -0.1) is 0 Å². The minimum Gasteiger partial charge on any atom is -0.456 e. The first-order valence-electron chi connectivity index (χ1n) is 10.0. The molecule has 1 N–H and O–H groups in total. The predicted molar refractivity (Wildman–Crippen MR) is 110 cm³/mol. The number of fused-ring (bicyclic) bond motifs is 7. The molecule has 6 bridgehead atoms. The van der Waals surface area contributed by atoms with E-state index >= 15 is 0 Å². The van der Waals surface area contributed by atoms with E-state index in [1.807, 2.05) is 52.1 Å². The third-order valence-corrected chi connectivity index (χ3v) is 5.64. The first kappa shape index (κ1) is 18.4. The maximum atomic E-state index is 12.8. The molecule has 0 spiro atoms. The molecule has 5 rings (SSSR count). The minimum atomic E-state index is -0.179. The molecular formula is C23H21N5O2. The predicted octanol–water partition coefficient (Wildman–Crippen LogP) is 2.80. The van der Waals surface area contributed by atoms with E-state index in [9.17, 15) is 10.1 Å². The number of nitrogens with zero attached hydrogens (tertiary/aromatic N) is 4. The van der Waals surface area contributed by atoms with Gasteiger partial charge >= 0.3 is 0 Å². The zero-order chi connectivity index (χ0) is 20.5. The highest BCUT2D eigenvalue weighted by molar-refractivity contribution is 5.84. The number of carbonyl (C=O) groups excluding carboxylic acids is 1. The van der Waals surface area contributed by atoms with Crippen molar-refractivity contribution in [1.29, 1.82) is 5.26 Å². The lowest BCUT2D eigenvalue weighted by atomic mass is 10.1. The minimum absolute atomic E-state index is 0.122. The molecule has 2 aromatic carbocycles. The summed E-state index contributed by atoms with van der Waals surface area (Å²) in [6.45, 7) is 2.43. The van der Waals surface area contributed by atoms with Crippen molar-refractivity contribution in [3.8, 4) is 17.6 Å². The van der Waals surface area contributed by atoms with Gasteiger partial charge < -0.3 is 19.5 Å². The van der Waals surface area contributed by atoms with Gasteiger partial charge in [0.1, 0.15) is 17.6 Å². The SMILES string of the molecule is N#Cc1ccc2cc1Oc1cccc(c1)CN1CC[C@H](NCc3cncn3C2)C1=O. The van der Waals surface area contributed by atoms with Crippen molar-refractivity contribution in [3.05, 3.63) is 77.4 Å². The van der Waals surface area contributed by atoms with Crippen molar-refractivity contribution in [3.63, 3.8) is 0 Å². The number of rotatable bonds is 0. The Morgan fingerprint density at radius 2 is 2.07 bits per heavy atom. The van der Waals surface area contributed by atoms with Crippen LogP contribution in [0, 0.1) is 11.3 Å². The Kier molecular flexibility index (Phi) is 4.69. The Labute approximate surface area is 174 Å². The lowest BCUT2D eigenvalue weighted by molar-refractivity contribution is -0.129. The standard InChI is InChI=1S/C23H21N5O2/c24-10-18-5-4-17-9-22(18)30-20-3-1-2-16(8-20)13-27-7-6-21(23(27)29)26-12-19-11-25-15-28(19)14-17/h1-5,8-9,11,15,21,26H,6-7,12-14H2/t21-/m0/s1. The van der Waals surface area contributed by atoms with Gasteiger partial charge in [0.05, 0.1) is 23.6 Å². The summed E-state index contributed by atoms with van der Waals surface area (Å²) >= 11 is 0. The van der Waals surface area contributed by atoms with Crippen molar-refractivity contribution in [2.75, 3.05) is 6.54 Å². The summed E-state index contributed by atoms with van der Waals surface area (Å²) in [7, 11) is 0. The van der Waals surface area contributed by atoms with E-state index in [0.29, 0.717) is 36.7 Å². The highest BCUT2D eigenvalue weighted by Crippen LogP contribution is 2.28. The van der Waals surface area contributed by atoms with Crippen molar-refractivity contribution in [2.24, 2.45) is 0 Å². The molecule has 0 aliphatic carbocycles. The molecule has 1 fully saturated rings. The van der Waals surface area contributed by atoms with Crippen LogP contribution in [0.3, 0.4) is 0 Å². The lowest BCUT2D eigenvalue weighted by Gasteiger charge is -2.19. The number of hydrogen-bond acceptors (Lipinski definition) is 5. The molecule has 1 amide bonds. The van der Waals surface area contributed by atoms with Crippen LogP contribution in [0.1, 0.15) is 28.8 Å². The smallest absolute Gasteiger partial charge is 0.240 e. The topological polar surface area (TPSA) is 83.2 Å². The Morgan fingerprint density at radius 3 is 2.97 bits per heavy atom. The summed E-state index contributed by atoms with van der Waals surface area (Å²) < 4.78 is 8.14. The van der Waals surface area contributed by atoms with Gasteiger partial charge in [-0.25, -0.2) is 4.98 Å². The number of nitrogens with one attached hydrogen (secondary N) is 1. The third-order valence-electron chi connectivity index (χ3n) is 5.64. The number of imidazole rings is 1. The molecule has 150 valence electrons. The molecular weight excluding hydrogens is 378 g/mol. The molecule has 1 atom stereocenters. The van der Waals surface area contributed by atoms with E-state index in [2.05, 4.69) is 16.4 Å². The molecule has 0 saturated carbocycles. The second-order valence-corrected chi connectivity index (χ2v) is 7.69. The highest BCUT2D eigenvalue weighted by atomic mass is 16.5. The highest BCUT2D eigenvalue weighted by Gasteiger charge is 2.31. The molecule has 1 saturated heterocycles. The summed E-state index contributed by atoms with van der Waals surface area (Å²) in [5, 5.41) is 12.9. The van der Waals surface area contributed by atoms with E-state index in [0.717, 1.165) is 29.8 Å². The maximum absolute atomic E-state index is 12.8. The van der Waals surface area contributed by atoms with E-state index in [1.165, 1.54) is 0 Å². The van der Waals surface area contributed by atoms with Crippen LogP contribution in [0.5, 0.6) is 11.5 Å². The van der Waals surface area contributed by atoms with Crippen LogP contribution in [-0.4, -0.2) is 32.9 Å². The normalized spacial score (nSPS) is 18.4.